The fraction of sp³-hybridized carbons (Fsp3) is 0.467. The molecule has 2 N–H and O–H groups in total. The summed E-state index contributed by atoms with van der Waals surface area (Å²) in [6.45, 7) is 14.9. The molecule has 0 unspecified atom stereocenters. The number of nitrogens with one attached hydrogen (secondary N) is 1. The molecule has 3 rings (SSSR count). The number of nitrogens with zero attached hydrogens (tertiary/aromatic N) is 3. The maximum Gasteiger partial charge on any atom is 0.295 e. The molecule has 1 heterocycles. The Hall–Kier alpha value is -3.36. The van der Waals surface area contributed by atoms with Gasteiger partial charge in [-0.3, -0.25) is 19.7 Å². The Kier molecular flexibility index (Phi) is 8.58. The molecule has 0 bridgehead atoms. The number of hydrogen-bond acceptors (Lipinski definition) is 6. The molecule has 0 saturated heterocycles. The minimum Gasteiger partial charge on any atom is -0.353 e. The maximum absolute atomic E-state index is 14.4. The summed E-state index contributed by atoms with van der Waals surface area (Å²) in [5.41, 5.74) is -1.83. The molecule has 2 amide bonds. The van der Waals surface area contributed by atoms with Gasteiger partial charge in [-0.05, 0) is 55.4 Å². The number of rotatable bonds is 9. The standard InChI is InChI=1S/C30H40N4O4/c1-19(2)33(20(3)4)27(35)29(25(31)23-15-11-9-12-16-23)32-26(24-17-13-10-14-18-24)30(37,38-29)28(36)34(21(5)6)22(7)8/h9-22,31,37H,1-8H3/t29-,30-/m0/s1. The number of benzene rings is 2. The van der Waals surface area contributed by atoms with Crippen molar-refractivity contribution in [1.29, 1.82) is 5.41 Å². The van der Waals surface area contributed by atoms with Gasteiger partial charge >= 0.3 is 0 Å². The largest absolute Gasteiger partial charge is 0.353 e. The molecular weight excluding hydrogens is 480 g/mol. The van der Waals surface area contributed by atoms with E-state index in [1.54, 1.807) is 65.6 Å². The molecule has 1 aliphatic heterocycles. The zero-order chi connectivity index (χ0) is 28.4. The van der Waals surface area contributed by atoms with Crippen LogP contribution in [0.15, 0.2) is 65.7 Å². The molecule has 1 aliphatic rings. The zero-order valence-electron chi connectivity index (χ0n) is 23.6. The average molecular weight is 521 g/mol. The average Bonchev–Trinajstić information content (AvgIpc) is 3.19. The van der Waals surface area contributed by atoms with Crippen molar-refractivity contribution < 1.29 is 19.4 Å². The molecule has 0 aliphatic carbocycles. The van der Waals surface area contributed by atoms with Gasteiger partial charge < -0.3 is 14.9 Å². The topological polar surface area (TPSA) is 106 Å². The zero-order valence-corrected chi connectivity index (χ0v) is 23.6. The first kappa shape index (κ1) is 29.2. The first-order chi connectivity index (χ1) is 17.8. The van der Waals surface area contributed by atoms with Crippen molar-refractivity contribution in [3.8, 4) is 0 Å². The second-order valence-corrected chi connectivity index (χ2v) is 10.8. The quantitative estimate of drug-likeness (QED) is 0.482. The Morgan fingerprint density at radius 1 is 0.763 bits per heavy atom. The van der Waals surface area contributed by atoms with Crippen molar-refractivity contribution >= 4 is 23.2 Å². The smallest absolute Gasteiger partial charge is 0.295 e. The second kappa shape index (κ2) is 11.2. The number of ether oxygens (including phenoxy) is 1. The van der Waals surface area contributed by atoms with E-state index in [4.69, 9.17) is 9.73 Å². The highest BCUT2D eigenvalue weighted by molar-refractivity contribution is 6.26. The Labute approximate surface area is 225 Å². The van der Waals surface area contributed by atoms with E-state index < -0.39 is 23.3 Å². The van der Waals surface area contributed by atoms with Gasteiger partial charge in [-0.1, -0.05) is 60.7 Å². The van der Waals surface area contributed by atoms with Crippen LogP contribution >= 0.6 is 0 Å². The van der Waals surface area contributed by atoms with Crippen LogP contribution in [0.3, 0.4) is 0 Å². The van der Waals surface area contributed by atoms with E-state index in [-0.39, 0.29) is 35.6 Å². The lowest BCUT2D eigenvalue weighted by atomic mass is 9.97. The van der Waals surface area contributed by atoms with Gasteiger partial charge in [0.2, 0.25) is 0 Å². The van der Waals surface area contributed by atoms with Crippen molar-refractivity contribution in [2.45, 2.75) is 91.1 Å². The number of aliphatic hydroxyl groups is 1. The second-order valence-electron chi connectivity index (χ2n) is 10.8. The summed E-state index contributed by atoms with van der Waals surface area (Å²) in [7, 11) is 0. The van der Waals surface area contributed by atoms with Crippen molar-refractivity contribution in [2.24, 2.45) is 4.99 Å². The van der Waals surface area contributed by atoms with Crippen LogP contribution in [0.4, 0.5) is 0 Å². The number of amides is 2. The molecule has 204 valence electrons. The van der Waals surface area contributed by atoms with Crippen LogP contribution in [0.2, 0.25) is 0 Å². The van der Waals surface area contributed by atoms with Gasteiger partial charge in [0, 0.05) is 35.3 Å². The van der Waals surface area contributed by atoms with E-state index in [0.29, 0.717) is 11.1 Å². The van der Waals surface area contributed by atoms with Gasteiger partial charge in [-0.25, -0.2) is 4.99 Å². The molecule has 2 aromatic rings. The Morgan fingerprint density at radius 2 is 1.18 bits per heavy atom. The van der Waals surface area contributed by atoms with Crippen LogP contribution < -0.4 is 0 Å². The summed E-state index contributed by atoms with van der Waals surface area (Å²) >= 11 is 0. The van der Waals surface area contributed by atoms with Crippen LogP contribution in [-0.2, 0) is 14.3 Å². The van der Waals surface area contributed by atoms with Crippen molar-refractivity contribution in [3.05, 3.63) is 71.8 Å². The molecule has 0 saturated carbocycles. The van der Waals surface area contributed by atoms with Crippen LogP contribution in [-0.4, -0.2) is 73.8 Å². The molecule has 2 aromatic carbocycles. The number of hydrogen-bond donors (Lipinski definition) is 2. The minimum absolute atomic E-state index is 0.101. The third kappa shape index (κ3) is 5.15. The number of carbonyl (C=O) groups is 2. The minimum atomic E-state index is -2.60. The first-order valence-electron chi connectivity index (χ1n) is 13.2. The van der Waals surface area contributed by atoms with E-state index in [9.17, 15) is 20.1 Å². The fourth-order valence-corrected chi connectivity index (χ4v) is 5.11. The highest BCUT2D eigenvalue weighted by atomic mass is 16.7. The Morgan fingerprint density at radius 3 is 1.63 bits per heavy atom. The van der Waals surface area contributed by atoms with E-state index in [0.717, 1.165) is 0 Å². The molecule has 0 radical (unpaired) electrons. The van der Waals surface area contributed by atoms with Crippen molar-refractivity contribution in [2.75, 3.05) is 0 Å². The van der Waals surface area contributed by atoms with Crippen LogP contribution in [0, 0.1) is 5.41 Å². The van der Waals surface area contributed by atoms with E-state index in [1.807, 2.05) is 55.4 Å². The fourth-order valence-electron chi connectivity index (χ4n) is 5.11. The monoisotopic (exact) mass is 520 g/mol. The number of carbonyl (C=O) groups excluding carboxylic acids is 2. The third-order valence-corrected chi connectivity index (χ3v) is 6.61. The molecule has 2 atom stereocenters. The molecule has 38 heavy (non-hydrogen) atoms. The lowest BCUT2D eigenvalue weighted by Crippen LogP contribution is -2.62. The summed E-state index contributed by atoms with van der Waals surface area (Å²) < 4.78 is 6.25. The summed E-state index contributed by atoms with van der Waals surface area (Å²) in [5, 5.41) is 21.4. The van der Waals surface area contributed by atoms with Gasteiger partial charge in [-0.15, -0.1) is 0 Å². The lowest BCUT2D eigenvalue weighted by Gasteiger charge is -2.40. The maximum atomic E-state index is 14.4. The Bertz CT molecular complexity index is 1180. The predicted molar refractivity (Wildman–Crippen MR) is 149 cm³/mol. The molecule has 0 spiro atoms. The van der Waals surface area contributed by atoms with Gasteiger partial charge in [0.1, 0.15) is 11.4 Å². The van der Waals surface area contributed by atoms with E-state index in [2.05, 4.69) is 0 Å². The molecule has 8 nitrogen and oxygen atoms in total. The SMILES string of the molecule is CC(C)N(C(=O)[C@@]1(O)O[C@@](C(=N)c2ccccc2)(C(=O)N(C(C)C)C(C)C)N=C1c1ccccc1)C(C)C. The summed E-state index contributed by atoms with van der Waals surface area (Å²) in [6.07, 6.45) is 0. The van der Waals surface area contributed by atoms with Gasteiger partial charge in [0.05, 0.1) is 0 Å². The number of aliphatic imine (C=N–C) groups is 1. The normalized spacial score (nSPS) is 21.2. The van der Waals surface area contributed by atoms with Crippen LogP contribution in [0.5, 0.6) is 0 Å². The molecular formula is C30H40N4O4. The summed E-state index contributed by atoms with van der Waals surface area (Å²) in [5.74, 6) is -3.96. The van der Waals surface area contributed by atoms with Crippen LogP contribution in [0.25, 0.3) is 0 Å². The van der Waals surface area contributed by atoms with Crippen molar-refractivity contribution in [1.82, 2.24) is 9.80 Å². The van der Waals surface area contributed by atoms with Gasteiger partial charge in [-0.2, -0.15) is 0 Å². The molecule has 8 heteroatoms. The van der Waals surface area contributed by atoms with Gasteiger partial charge in [0.25, 0.3) is 23.3 Å². The van der Waals surface area contributed by atoms with Gasteiger partial charge in [0.15, 0.2) is 0 Å². The molecule has 0 aromatic heterocycles. The molecule has 0 fully saturated rings. The highest BCUT2D eigenvalue weighted by Crippen LogP contribution is 2.39. The lowest BCUT2D eigenvalue weighted by molar-refractivity contribution is -0.210. The third-order valence-electron chi connectivity index (χ3n) is 6.61. The highest BCUT2D eigenvalue weighted by Gasteiger charge is 2.64. The predicted octanol–water partition coefficient (Wildman–Crippen LogP) is 4.25. The summed E-state index contributed by atoms with van der Waals surface area (Å²) in [6, 6.07) is 16.3. The summed E-state index contributed by atoms with van der Waals surface area (Å²) in [4.78, 5) is 36.3. The van der Waals surface area contributed by atoms with E-state index >= 15 is 0 Å². The Balaban J connectivity index is 2.35. The van der Waals surface area contributed by atoms with Crippen molar-refractivity contribution in [3.63, 3.8) is 0 Å². The van der Waals surface area contributed by atoms with Crippen LogP contribution in [0.1, 0.15) is 66.5 Å². The van der Waals surface area contributed by atoms with E-state index in [1.165, 1.54) is 4.90 Å². The first-order valence-corrected chi connectivity index (χ1v) is 13.2.